The third kappa shape index (κ3) is 7.14. The summed E-state index contributed by atoms with van der Waals surface area (Å²) in [6.07, 6.45) is 5.21. The van der Waals surface area contributed by atoms with Crippen LogP contribution in [0.2, 0.25) is 0 Å². The lowest BCUT2D eigenvalue weighted by Crippen LogP contribution is -2.44. The number of fused-ring (bicyclic) bond motifs is 1. The zero-order chi connectivity index (χ0) is 32.7. The van der Waals surface area contributed by atoms with Crippen LogP contribution in [-0.2, 0) is 33.1 Å². The van der Waals surface area contributed by atoms with Gasteiger partial charge in [-0.25, -0.2) is 0 Å². The fraction of sp³-hybridized carbons (Fsp3) is 0.361. The molecule has 3 aromatic rings. The van der Waals surface area contributed by atoms with Gasteiger partial charge >= 0.3 is 0 Å². The number of carbonyl (C=O) groups excluding carboxylic acids is 3. The number of rotatable bonds is 13. The van der Waals surface area contributed by atoms with Crippen LogP contribution in [-0.4, -0.2) is 65.7 Å². The Morgan fingerprint density at radius 1 is 1.13 bits per heavy atom. The quantitative estimate of drug-likeness (QED) is 0.213. The van der Waals surface area contributed by atoms with E-state index in [1.807, 2.05) is 54.6 Å². The van der Waals surface area contributed by atoms with Crippen molar-refractivity contribution in [3.63, 3.8) is 0 Å². The Balaban J connectivity index is 1.30. The number of carbonyl (C=O) groups is 3. The molecule has 242 valence electrons. The Bertz CT molecular complexity index is 1550. The molecule has 4 N–H and O–H groups in total. The van der Waals surface area contributed by atoms with Crippen molar-refractivity contribution in [3.05, 3.63) is 102 Å². The standard InChI is InChI=1S/C36H42N4O6/c1-25(8-6-12-33(42)39(20-21-41)23-26-9-4-3-5-10-26)36(45)30-22-29(46-2)17-18-32(30)40(35(36)44)24-27-13-15-28(16-14-27)38-34(43)31-11-7-19-37-31/h3-6,8-10,13-18,22,25,31,37,41,45H,7,11-12,19-21,23-24H2,1-2H3,(H,38,43)/b8-6+/t25-,31-,36+/m1/s1. The van der Waals surface area contributed by atoms with Gasteiger partial charge in [0.05, 0.1) is 32.0 Å². The first kappa shape index (κ1) is 32.9. The van der Waals surface area contributed by atoms with Gasteiger partial charge in [-0.05, 0) is 60.8 Å². The van der Waals surface area contributed by atoms with Crippen molar-refractivity contribution in [2.45, 2.75) is 50.9 Å². The molecule has 0 spiro atoms. The zero-order valence-corrected chi connectivity index (χ0v) is 26.3. The molecule has 2 heterocycles. The summed E-state index contributed by atoms with van der Waals surface area (Å²) in [5, 5.41) is 27.7. The van der Waals surface area contributed by atoms with Gasteiger partial charge in [0.25, 0.3) is 5.91 Å². The van der Waals surface area contributed by atoms with Crippen molar-refractivity contribution < 1.29 is 29.3 Å². The number of aliphatic hydroxyl groups excluding tert-OH is 1. The molecule has 3 atom stereocenters. The molecule has 1 fully saturated rings. The second-order valence-electron chi connectivity index (χ2n) is 11.8. The van der Waals surface area contributed by atoms with E-state index >= 15 is 0 Å². The minimum absolute atomic E-state index is 0.0514. The first-order chi connectivity index (χ1) is 22.2. The first-order valence-corrected chi connectivity index (χ1v) is 15.7. The predicted octanol–water partition coefficient (Wildman–Crippen LogP) is 3.72. The van der Waals surface area contributed by atoms with Crippen molar-refractivity contribution in [3.8, 4) is 5.75 Å². The van der Waals surface area contributed by atoms with Crippen molar-refractivity contribution in [1.29, 1.82) is 0 Å². The van der Waals surface area contributed by atoms with Gasteiger partial charge < -0.3 is 35.4 Å². The average Bonchev–Trinajstić information content (AvgIpc) is 3.69. The van der Waals surface area contributed by atoms with E-state index < -0.39 is 17.4 Å². The Kier molecular flexibility index (Phi) is 10.5. The number of methoxy groups -OCH3 is 1. The van der Waals surface area contributed by atoms with Crippen LogP contribution in [0.15, 0.2) is 84.9 Å². The van der Waals surface area contributed by atoms with Crippen LogP contribution in [0.5, 0.6) is 5.75 Å². The summed E-state index contributed by atoms with van der Waals surface area (Å²) >= 11 is 0. The van der Waals surface area contributed by atoms with E-state index in [1.165, 1.54) is 7.11 Å². The summed E-state index contributed by atoms with van der Waals surface area (Å²) in [6, 6.07) is 21.9. The smallest absolute Gasteiger partial charge is 0.264 e. The van der Waals surface area contributed by atoms with E-state index in [4.69, 9.17) is 4.74 Å². The van der Waals surface area contributed by atoms with E-state index in [0.29, 0.717) is 29.2 Å². The number of ether oxygens (including phenoxy) is 1. The zero-order valence-electron chi connectivity index (χ0n) is 26.3. The van der Waals surface area contributed by atoms with E-state index in [1.54, 1.807) is 47.1 Å². The lowest BCUT2D eigenvalue weighted by atomic mass is 9.83. The highest BCUT2D eigenvalue weighted by molar-refractivity contribution is 6.07. The predicted molar refractivity (Wildman–Crippen MR) is 176 cm³/mol. The highest BCUT2D eigenvalue weighted by atomic mass is 16.5. The molecule has 2 aliphatic heterocycles. The highest BCUT2D eigenvalue weighted by Crippen LogP contribution is 2.47. The Labute approximate surface area is 269 Å². The van der Waals surface area contributed by atoms with E-state index in [2.05, 4.69) is 10.6 Å². The van der Waals surface area contributed by atoms with Crippen molar-refractivity contribution >= 4 is 29.1 Å². The van der Waals surface area contributed by atoms with Gasteiger partial charge in [-0.1, -0.05) is 61.5 Å². The largest absolute Gasteiger partial charge is 0.497 e. The third-order valence-electron chi connectivity index (χ3n) is 8.73. The third-order valence-corrected chi connectivity index (χ3v) is 8.73. The number of hydrogen-bond donors (Lipinski definition) is 4. The van der Waals surface area contributed by atoms with Crippen LogP contribution in [0.3, 0.4) is 0 Å². The van der Waals surface area contributed by atoms with Gasteiger partial charge in [0.1, 0.15) is 5.75 Å². The average molecular weight is 627 g/mol. The van der Waals surface area contributed by atoms with Gasteiger partial charge in [0.15, 0.2) is 5.60 Å². The summed E-state index contributed by atoms with van der Waals surface area (Å²) in [5.41, 5.74) is 1.57. The number of nitrogens with zero attached hydrogens (tertiary/aromatic N) is 2. The number of nitrogens with one attached hydrogen (secondary N) is 2. The molecule has 10 heteroatoms. The maximum atomic E-state index is 14.0. The number of anilines is 2. The highest BCUT2D eigenvalue weighted by Gasteiger charge is 2.52. The maximum absolute atomic E-state index is 14.0. The summed E-state index contributed by atoms with van der Waals surface area (Å²) in [7, 11) is 1.53. The van der Waals surface area contributed by atoms with Crippen molar-refractivity contribution in [2.24, 2.45) is 5.92 Å². The minimum Gasteiger partial charge on any atom is -0.497 e. The molecule has 46 heavy (non-hydrogen) atoms. The molecule has 1 saturated heterocycles. The molecule has 3 aromatic carbocycles. The fourth-order valence-corrected chi connectivity index (χ4v) is 6.08. The van der Waals surface area contributed by atoms with E-state index in [0.717, 1.165) is 30.5 Å². The summed E-state index contributed by atoms with van der Waals surface area (Å²) in [5.74, 6) is -0.876. The van der Waals surface area contributed by atoms with Gasteiger partial charge in [-0.2, -0.15) is 0 Å². The molecule has 0 aromatic heterocycles. The van der Waals surface area contributed by atoms with Gasteiger partial charge in [0.2, 0.25) is 11.8 Å². The lowest BCUT2D eigenvalue weighted by Gasteiger charge is -2.28. The Morgan fingerprint density at radius 3 is 2.57 bits per heavy atom. The Morgan fingerprint density at radius 2 is 1.89 bits per heavy atom. The van der Waals surface area contributed by atoms with Gasteiger partial charge in [0, 0.05) is 36.7 Å². The monoisotopic (exact) mass is 626 g/mol. The van der Waals surface area contributed by atoms with Crippen LogP contribution in [0.1, 0.15) is 42.9 Å². The number of benzene rings is 3. The second kappa shape index (κ2) is 14.7. The molecule has 3 amide bonds. The lowest BCUT2D eigenvalue weighted by molar-refractivity contribution is -0.139. The van der Waals surface area contributed by atoms with Gasteiger partial charge in [-0.3, -0.25) is 14.4 Å². The molecular weight excluding hydrogens is 584 g/mol. The van der Waals surface area contributed by atoms with Crippen LogP contribution in [0, 0.1) is 5.92 Å². The maximum Gasteiger partial charge on any atom is 0.264 e. The van der Waals surface area contributed by atoms with Crippen LogP contribution < -0.4 is 20.3 Å². The minimum atomic E-state index is -1.89. The molecule has 0 bridgehead atoms. The topological polar surface area (TPSA) is 131 Å². The van der Waals surface area contributed by atoms with Crippen molar-refractivity contribution in [2.75, 3.05) is 37.0 Å². The second-order valence-corrected chi connectivity index (χ2v) is 11.8. The van der Waals surface area contributed by atoms with Crippen LogP contribution >= 0.6 is 0 Å². The molecule has 10 nitrogen and oxygen atoms in total. The Hall–Kier alpha value is -4.51. The summed E-state index contributed by atoms with van der Waals surface area (Å²) in [6.45, 7) is 3.22. The molecule has 0 unspecified atom stereocenters. The normalized spacial score (nSPS) is 19.7. The number of aliphatic hydroxyl groups is 2. The van der Waals surface area contributed by atoms with Crippen LogP contribution in [0.25, 0.3) is 0 Å². The van der Waals surface area contributed by atoms with E-state index in [9.17, 15) is 24.6 Å². The van der Waals surface area contributed by atoms with Crippen LogP contribution in [0.4, 0.5) is 11.4 Å². The summed E-state index contributed by atoms with van der Waals surface area (Å²) < 4.78 is 5.43. The fourth-order valence-electron chi connectivity index (χ4n) is 6.08. The summed E-state index contributed by atoms with van der Waals surface area (Å²) in [4.78, 5) is 42.7. The number of hydrogen-bond acceptors (Lipinski definition) is 7. The van der Waals surface area contributed by atoms with Crippen molar-refractivity contribution in [1.82, 2.24) is 10.2 Å². The molecule has 0 aliphatic carbocycles. The number of amides is 3. The molecule has 2 aliphatic rings. The van der Waals surface area contributed by atoms with E-state index in [-0.39, 0.29) is 44.0 Å². The molecule has 0 saturated carbocycles. The van der Waals surface area contributed by atoms with Gasteiger partial charge in [-0.15, -0.1) is 0 Å². The first-order valence-electron chi connectivity index (χ1n) is 15.7. The molecule has 5 rings (SSSR count). The molecular formula is C36H42N4O6. The SMILES string of the molecule is COc1ccc2c(c1)[C@@](O)([C@H](C)/C=C/CC(=O)N(CCO)Cc1ccccc1)C(=O)N2Cc1ccc(NC(=O)[C@H]2CCCN2)cc1. The molecule has 0 radical (unpaired) electrons.